The summed E-state index contributed by atoms with van der Waals surface area (Å²) in [5, 5.41) is 5.73. The van der Waals surface area contributed by atoms with Gasteiger partial charge in [-0.2, -0.15) is 0 Å². The zero-order valence-corrected chi connectivity index (χ0v) is 5.68. The molecule has 0 atom stereocenters. The number of rotatable bonds is 3. The molecule has 0 fully saturated rings. The maximum atomic E-state index is 10.4. The van der Waals surface area contributed by atoms with Crippen LogP contribution in [-0.4, -0.2) is 21.8 Å². The molecule has 1 aromatic rings. The van der Waals surface area contributed by atoms with Crippen molar-refractivity contribution in [1.82, 2.24) is 15.2 Å². The summed E-state index contributed by atoms with van der Waals surface area (Å²) in [6.07, 6.45) is 0.898. The second kappa shape index (κ2) is 3.05. The Hall–Kier alpha value is -1.26. The van der Waals surface area contributed by atoms with Crippen LogP contribution in [-0.2, 0) is 0 Å². The average molecular weight is 143 g/mol. The first-order valence-corrected chi connectivity index (χ1v) is 3.10. The van der Waals surface area contributed by atoms with Gasteiger partial charge in [0.05, 0.1) is 6.61 Å². The van der Waals surface area contributed by atoms with Crippen LogP contribution >= 0.6 is 0 Å². The standard InChI is InChI=1S/C5H9N3O2/c1-2-3-10-5-6-4(9)7-8-5/h2-3H2,1H3,(H2,6,7,8,9). The van der Waals surface area contributed by atoms with E-state index in [1.807, 2.05) is 6.92 Å². The smallest absolute Gasteiger partial charge is 0.343 e. The number of H-pyrrole nitrogens is 2. The molecule has 0 radical (unpaired) electrons. The molecular formula is C5H9N3O2. The van der Waals surface area contributed by atoms with E-state index in [1.165, 1.54) is 0 Å². The Morgan fingerprint density at radius 1 is 1.70 bits per heavy atom. The lowest BCUT2D eigenvalue weighted by atomic mass is 10.5. The average Bonchev–Trinajstić information content (AvgIpc) is 2.31. The molecule has 0 amide bonds. The number of nitrogens with one attached hydrogen (secondary N) is 2. The summed E-state index contributed by atoms with van der Waals surface area (Å²) in [5.74, 6) is 0. The first-order chi connectivity index (χ1) is 4.83. The van der Waals surface area contributed by atoms with Gasteiger partial charge >= 0.3 is 11.7 Å². The fourth-order valence-electron chi connectivity index (χ4n) is 0.522. The molecule has 0 spiro atoms. The van der Waals surface area contributed by atoms with E-state index >= 15 is 0 Å². The monoisotopic (exact) mass is 143 g/mol. The summed E-state index contributed by atoms with van der Waals surface area (Å²) in [4.78, 5) is 12.8. The predicted molar refractivity (Wildman–Crippen MR) is 35.0 cm³/mol. The summed E-state index contributed by atoms with van der Waals surface area (Å²) < 4.78 is 4.98. The van der Waals surface area contributed by atoms with Crippen molar-refractivity contribution in [3.63, 3.8) is 0 Å². The zero-order valence-electron chi connectivity index (χ0n) is 5.68. The molecule has 1 aromatic heterocycles. The number of hydrogen-bond acceptors (Lipinski definition) is 3. The van der Waals surface area contributed by atoms with Crippen molar-refractivity contribution in [3.8, 4) is 6.01 Å². The molecule has 0 aliphatic carbocycles. The van der Waals surface area contributed by atoms with Crippen molar-refractivity contribution in [2.75, 3.05) is 6.61 Å². The summed E-state index contributed by atoms with van der Waals surface area (Å²) >= 11 is 0. The van der Waals surface area contributed by atoms with Gasteiger partial charge in [-0.25, -0.2) is 9.89 Å². The van der Waals surface area contributed by atoms with Crippen molar-refractivity contribution in [2.24, 2.45) is 0 Å². The molecule has 5 nitrogen and oxygen atoms in total. The maximum absolute atomic E-state index is 10.4. The van der Waals surface area contributed by atoms with Crippen molar-refractivity contribution < 1.29 is 4.74 Å². The van der Waals surface area contributed by atoms with E-state index in [1.54, 1.807) is 0 Å². The van der Waals surface area contributed by atoms with Crippen LogP contribution in [0.5, 0.6) is 6.01 Å². The Morgan fingerprint density at radius 3 is 3.00 bits per heavy atom. The van der Waals surface area contributed by atoms with E-state index in [4.69, 9.17) is 4.74 Å². The van der Waals surface area contributed by atoms with Crippen LogP contribution in [0.2, 0.25) is 0 Å². The molecule has 0 aliphatic heterocycles. The van der Waals surface area contributed by atoms with Gasteiger partial charge in [-0.1, -0.05) is 6.92 Å². The Labute approximate surface area is 57.4 Å². The number of aromatic amines is 2. The molecule has 0 unspecified atom stereocenters. The molecular weight excluding hydrogens is 134 g/mol. The number of hydrogen-bond donors (Lipinski definition) is 2. The lowest BCUT2D eigenvalue weighted by Crippen LogP contribution is -2.01. The molecule has 0 bridgehead atoms. The van der Waals surface area contributed by atoms with Crippen LogP contribution < -0.4 is 10.4 Å². The molecule has 2 N–H and O–H groups in total. The summed E-state index contributed by atoms with van der Waals surface area (Å²) in [5.41, 5.74) is -0.342. The van der Waals surface area contributed by atoms with Gasteiger partial charge < -0.3 is 4.74 Å². The lowest BCUT2D eigenvalue weighted by molar-refractivity contribution is 0.293. The third kappa shape index (κ3) is 1.61. The topological polar surface area (TPSA) is 70.8 Å². The Balaban J connectivity index is 2.50. The highest BCUT2D eigenvalue weighted by molar-refractivity contribution is 4.85. The second-order valence-electron chi connectivity index (χ2n) is 1.83. The van der Waals surface area contributed by atoms with Gasteiger partial charge in [0.2, 0.25) is 0 Å². The van der Waals surface area contributed by atoms with Gasteiger partial charge in [-0.15, -0.1) is 5.10 Å². The largest absolute Gasteiger partial charge is 0.464 e. The highest BCUT2D eigenvalue weighted by atomic mass is 16.5. The molecule has 1 heterocycles. The second-order valence-corrected chi connectivity index (χ2v) is 1.83. The number of aromatic nitrogens is 3. The molecule has 0 aromatic carbocycles. The molecule has 5 heteroatoms. The lowest BCUT2D eigenvalue weighted by Gasteiger charge is -1.95. The molecule has 56 valence electrons. The predicted octanol–water partition coefficient (Wildman–Crippen LogP) is -0.113. The van der Waals surface area contributed by atoms with Gasteiger partial charge in [-0.3, -0.25) is 4.98 Å². The van der Waals surface area contributed by atoms with Gasteiger partial charge in [0.1, 0.15) is 0 Å². The highest BCUT2D eigenvalue weighted by Gasteiger charge is 1.94. The number of nitrogens with zero attached hydrogens (tertiary/aromatic N) is 1. The van der Waals surface area contributed by atoms with Crippen molar-refractivity contribution >= 4 is 0 Å². The summed E-state index contributed by atoms with van der Waals surface area (Å²) in [6.45, 7) is 2.55. The summed E-state index contributed by atoms with van der Waals surface area (Å²) in [6, 6.07) is 0.256. The maximum Gasteiger partial charge on any atom is 0.343 e. The van der Waals surface area contributed by atoms with Gasteiger partial charge in [0, 0.05) is 0 Å². The third-order valence-electron chi connectivity index (χ3n) is 0.922. The summed E-state index contributed by atoms with van der Waals surface area (Å²) in [7, 11) is 0. The van der Waals surface area contributed by atoms with Gasteiger partial charge in [0.25, 0.3) is 0 Å². The first-order valence-electron chi connectivity index (χ1n) is 3.10. The van der Waals surface area contributed by atoms with Crippen molar-refractivity contribution in [3.05, 3.63) is 10.5 Å². The fraction of sp³-hybridized carbons (Fsp3) is 0.600. The van der Waals surface area contributed by atoms with Crippen LogP contribution in [0.3, 0.4) is 0 Å². The first kappa shape index (κ1) is 6.85. The third-order valence-corrected chi connectivity index (χ3v) is 0.922. The molecule has 0 aliphatic rings. The normalized spacial score (nSPS) is 9.70. The number of ether oxygens (including phenoxy) is 1. The van der Waals surface area contributed by atoms with Crippen LogP contribution in [0.4, 0.5) is 0 Å². The van der Waals surface area contributed by atoms with E-state index in [0.717, 1.165) is 6.42 Å². The van der Waals surface area contributed by atoms with Crippen molar-refractivity contribution in [2.45, 2.75) is 13.3 Å². The molecule has 10 heavy (non-hydrogen) atoms. The minimum Gasteiger partial charge on any atom is -0.464 e. The van der Waals surface area contributed by atoms with Crippen molar-refractivity contribution in [1.29, 1.82) is 0 Å². The zero-order chi connectivity index (χ0) is 7.40. The quantitative estimate of drug-likeness (QED) is 0.620. The minimum absolute atomic E-state index is 0.256. The van der Waals surface area contributed by atoms with Gasteiger partial charge in [-0.05, 0) is 6.42 Å². The van der Waals surface area contributed by atoms with E-state index in [2.05, 4.69) is 15.2 Å². The Morgan fingerprint density at radius 2 is 2.50 bits per heavy atom. The van der Waals surface area contributed by atoms with Crippen LogP contribution in [0.1, 0.15) is 13.3 Å². The SMILES string of the molecule is CCCOc1n[nH]c(=O)[nH]1. The molecule has 0 saturated carbocycles. The Kier molecular flexibility index (Phi) is 2.09. The Bertz CT molecular complexity index is 239. The van der Waals surface area contributed by atoms with Crippen LogP contribution in [0.15, 0.2) is 4.79 Å². The van der Waals surface area contributed by atoms with Crippen LogP contribution in [0, 0.1) is 0 Å². The van der Waals surface area contributed by atoms with E-state index in [9.17, 15) is 4.79 Å². The van der Waals surface area contributed by atoms with E-state index < -0.39 is 0 Å². The van der Waals surface area contributed by atoms with Gasteiger partial charge in [0.15, 0.2) is 0 Å². The molecule has 1 rings (SSSR count). The molecule has 0 saturated heterocycles. The minimum atomic E-state index is -0.342. The van der Waals surface area contributed by atoms with E-state index in [0.29, 0.717) is 6.61 Å². The van der Waals surface area contributed by atoms with E-state index in [-0.39, 0.29) is 11.7 Å². The highest BCUT2D eigenvalue weighted by Crippen LogP contribution is 1.92. The van der Waals surface area contributed by atoms with Crippen LogP contribution in [0.25, 0.3) is 0 Å². The fourth-order valence-corrected chi connectivity index (χ4v) is 0.522.